The summed E-state index contributed by atoms with van der Waals surface area (Å²) in [5.41, 5.74) is 0. The number of halogens is 1. The minimum absolute atomic E-state index is 0.0867. The first-order chi connectivity index (χ1) is 12.3. The maximum absolute atomic E-state index is 12.6. The third-order valence-electron chi connectivity index (χ3n) is 4.00. The van der Waals surface area contributed by atoms with Crippen molar-refractivity contribution >= 4 is 33.5 Å². The second-order valence-electron chi connectivity index (χ2n) is 5.62. The van der Waals surface area contributed by atoms with Crippen molar-refractivity contribution in [3.05, 3.63) is 52.9 Å². The molecule has 8 nitrogen and oxygen atoms in total. The molecule has 1 amide bonds. The number of rotatable bonds is 4. The molecule has 1 aromatic carbocycles. The minimum atomic E-state index is -3.66. The molecule has 1 fully saturated rings. The van der Waals surface area contributed by atoms with Gasteiger partial charge in [0.25, 0.3) is 5.91 Å². The largest absolute Gasteiger partial charge is 0.475 e. The van der Waals surface area contributed by atoms with Crippen molar-refractivity contribution in [2.45, 2.75) is 4.90 Å². The van der Waals surface area contributed by atoms with E-state index in [-0.39, 0.29) is 42.6 Å². The third kappa shape index (κ3) is 3.59. The summed E-state index contributed by atoms with van der Waals surface area (Å²) in [5.74, 6) is -2.14. The SMILES string of the molecule is O=C(O)c1ccc(C(=O)N2CCN(S(=O)(=O)c3ccc(Cl)cc3)CC2)o1. The molecular weight excluding hydrogens is 384 g/mol. The van der Waals surface area contributed by atoms with Crippen LogP contribution in [-0.4, -0.2) is 60.8 Å². The van der Waals surface area contributed by atoms with E-state index in [0.717, 1.165) is 0 Å². The topological polar surface area (TPSA) is 108 Å². The standard InChI is InChI=1S/C16H15ClN2O6S/c17-11-1-3-12(4-2-11)26(23,24)19-9-7-18(8-10-19)15(20)13-5-6-14(25-13)16(21)22/h1-6H,7-10H2,(H,21,22). The molecule has 1 aliphatic rings. The second-order valence-corrected chi connectivity index (χ2v) is 7.99. The van der Waals surface area contributed by atoms with Gasteiger partial charge in [-0.25, -0.2) is 13.2 Å². The lowest BCUT2D eigenvalue weighted by Gasteiger charge is -2.33. The number of piperazine rings is 1. The van der Waals surface area contributed by atoms with E-state index in [4.69, 9.17) is 21.1 Å². The predicted molar refractivity (Wildman–Crippen MR) is 91.8 cm³/mol. The van der Waals surface area contributed by atoms with Gasteiger partial charge in [-0.05, 0) is 36.4 Å². The molecule has 1 aliphatic heterocycles. The molecule has 0 atom stereocenters. The highest BCUT2D eigenvalue weighted by Gasteiger charge is 2.31. The number of carboxylic acid groups (broad SMARTS) is 1. The Labute approximate surface area is 154 Å². The summed E-state index contributed by atoms with van der Waals surface area (Å²) in [5, 5.41) is 9.28. The van der Waals surface area contributed by atoms with E-state index >= 15 is 0 Å². The predicted octanol–water partition coefficient (Wildman–Crippen LogP) is 1.78. The molecule has 1 N–H and O–H groups in total. The van der Waals surface area contributed by atoms with E-state index in [1.54, 1.807) is 0 Å². The molecule has 3 rings (SSSR count). The van der Waals surface area contributed by atoms with Gasteiger partial charge in [0, 0.05) is 31.2 Å². The van der Waals surface area contributed by atoms with Crippen LogP contribution < -0.4 is 0 Å². The Balaban J connectivity index is 1.67. The average molecular weight is 399 g/mol. The number of aromatic carboxylic acids is 1. The van der Waals surface area contributed by atoms with Gasteiger partial charge in [0.05, 0.1) is 4.90 Å². The Bertz CT molecular complexity index is 930. The van der Waals surface area contributed by atoms with E-state index in [1.807, 2.05) is 0 Å². The minimum Gasteiger partial charge on any atom is -0.475 e. The maximum atomic E-state index is 12.6. The third-order valence-corrected chi connectivity index (χ3v) is 6.17. The first-order valence-corrected chi connectivity index (χ1v) is 9.49. The van der Waals surface area contributed by atoms with Crippen molar-refractivity contribution < 1.29 is 27.5 Å². The van der Waals surface area contributed by atoms with Crippen LogP contribution in [0.15, 0.2) is 45.7 Å². The van der Waals surface area contributed by atoms with E-state index in [2.05, 4.69) is 0 Å². The van der Waals surface area contributed by atoms with Crippen LogP contribution in [0, 0.1) is 0 Å². The smallest absolute Gasteiger partial charge is 0.371 e. The first kappa shape index (κ1) is 18.4. The second kappa shape index (κ2) is 7.10. The zero-order valence-corrected chi connectivity index (χ0v) is 15.0. The van der Waals surface area contributed by atoms with Crippen LogP contribution in [0.2, 0.25) is 5.02 Å². The Morgan fingerprint density at radius 3 is 2.08 bits per heavy atom. The number of amides is 1. The lowest BCUT2D eigenvalue weighted by Crippen LogP contribution is -2.50. The summed E-state index contributed by atoms with van der Waals surface area (Å²) in [6.07, 6.45) is 0. The molecule has 138 valence electrons. The molecule has 0 aliphatic carbocycles. The normalized spacial score (nSPS) is 15.8. The molecule has 0 saturated carbocycles. The number of carboxylic acids is 1. The van der Waals surface area contributed by atoms with Gasteiger partial charge in [0.1, 0.15) is 0 Å². The molecule has 0 unspecified atom stereocenters. The number of benzene rings is 1. The summed E-state index contributed by atoms with van der Waals surface area (Å²) in [6.45, 7) is 0.607. The highest BCUT2D eigenvalue weighted by Crippen LogP contribution is 2.20. The van der Waals surface area contributed by atoms with Crippen molar-refractivity contribution in [3.63, 3.8) is 0 Å². The number of carbonyl (C=O) groups is 2. The highest BCUT2D eigenvalue weighted by molar-refractivity contribution is 7.89. The zero-order valence-electron chi connectivity index (χ0n) is 13.5. The Morgan fingerprint density at radius 1 is 0.962 bits per heavy atom. The van der Waals surface area contributed by atoms with Crippen LogP contribution in [0.3, 0.4) is 0 Å². The van der Waals surface area contributed by atoms with Crippen molar-refractivity contribution in [3.8, 4) is 0 Å². The molecule has 0 bridgehead atoms. The van der Waals surface area contributed by atoms with Crippen LogP contribution >= 0.6 is 11.6 Å². The van der Waals surface area contributed by atoms with Gasteiger partial charge in [-0.1, -0.05) is 11.6 Å². The van der Waals surface area contributed by atoms with Gasteiger partial charge in [-0.15, -0.1) is 0 Å². The Morgan fingerprint density at radius 2 is 1.54 bits per heavy atom. The number of carbonyl (C=O) groups excluding carboxylic acids is 1. The zero-order chi connectivity index (χ0) is 18.9. The molecule has 10 heteroatoms. The van der Waals surface area contributed by atoms with E-state index in [0.29, 0.717) is 5.02 Å². The number of hydrogen-bond donors (Lipinski definition) is 1. The highest BCUT2D eigenvalue weighted by atomic mass is 35.5. The van der Waals surface area contributed by atoms with Crippen LogP contribution in [0.25, 0.3) is 0 Å². The number of sulfonamides is 1. The summed E-state index contributed by atoms with van der Waals surface area (Å²) in [7, 11) is -3.66. The summed E-state index contributed by atoms with van der Waals surface area (Å²) < 4.78 is 31.5. The van der Waals surface area contributed by atoms with Crippen LogP contribution in [0.4, 0.5) is 0 Å². The fourth-order valence-corrected chi connectivity index (χ4v) is 4.16. The van der Waals surface area contributed by atoms with Gasteiger partial charge < -0.3 is 14.4 Å². The molecule has 0 radical (unpaired) electrons. The fourth-order valence-electron chi connectivity index (χ4n) is 2.61. The van der Waals surface area contributed by atoms with E-state index in [9.17, 15) is 18.0 Å². The Hall–Kier alpha value is -2.36. The monoisotopic (exact) mass is 398 g/mol. The van der Waals surface area contributed by atoms with E-state index < -0.39 is 21.9 Å². The Kier molecular flexibility index (Phi) is 5.03. The quantitative estimate of drug-likeness (QED) is 0.840. The molecule has 1 saturated heterocycles. The summed E-state index contributed by atoms with van der Waals surface area (Å²) in [6, 6.07) is 8.38. The molecule has 2 aromatic rings. The molecule has 26 heavy (non-hydrogen) atoms. The fraction of sp³-hybridized carbons (Fsp3) is 0.250. The number of furan rings is 1. The number of nitrogens with zero attached hydrogens (tertiary/aromatic N) is 2. The number of hydrogen-bond acceptors (Lipinski definition) is 5. The van der Waals surface area contributed by atoms with Gasteiger partial charge in [0.15, 0.2) is 5.76 Å². The summed E-state index contributed by atoms with van der Waals surface area (Å²) in [4.78, 5) is 24.7. The molecule has 0 spiro atoms. The van der Waals surface area contributed by atoms with Gasteiger partial charge in [-0.3, -0.25) is 4.79 Å². The maximum Gasteiger partial charge on any atom is 0.371 e. The van der Waals surface area contributed by atoms with Crippen molar-refractivity contribution in [2.75, 3.05) is 26.2 Å². The summed E-state index contributed by atoms with van der Waals surface area (Å²) >= 11 is 5.78. The van der Waals surface area contributed by atoms with Crippen molar-refractivity contribution in [1.82, 2.24) is 9.21 Å². The van der Waals surface area contributed by atoms with Crippen molar-refractivity contribution in [1.29, 1.82) is 0 Å². The first-order valence-electron chi connectivity index (χ1n) is 7.67. The lowest BCUT2D eigenvalue weighted by atomic mass is 10.3. The van der Waals surface area contributed by atoms with Crippen LogP contribution in [0.5, 0.6) is 0 Å². The van der Waals surface area contributed by atoms with Crippen LogP contribution in [-0.2, 0) is 10.0 Å². The van der Waals surface area contributed by atoms with Gasteiger partial charge in [0.2, 0.25) is 15.8 Å². The van der Waals surface area contributed by atoms with Crippen molar-refractivity contribution in [2.24, 2.45) is 0 Å². The average Bonchev–Trinajstić information content (AvgIpc) is 3.12. The van der Waals surface area contributed by atoms with Gasteiger partial charge in [-0.2, -0.15) is 4.31 Å². The lowest BCUT2D eigenvalue weighted by molar-refractivity contribution is 0.0632. The van der Waals surface area contributed by atoms with E-state index in [1.165, 1.54) is 45.6 Å². The molecule has 1 aromatic heterocycles. The van der Waals surface area contributed by atoms with Crippen LogP contribution in [0.1, 0.15) is 21.1 Å². The molecule has 2 heterocycles. The van der Waals surface area contributed by atoms with Gasteiger partial charge >= 0.3 is 5.97 Å². The molecular formula is C16H15ClN2O6S.